The van der Waals surface area contributed by atoms with E-state index < -0.39 is 0 Å². The van der Waals surface area contributed by atoms with Crippen molar-refractivity contribution in [2.45, 2.75) is 75.6 Å². The minimum atomic E-state index is -0.306. The van der Waals surface area contributed by atoms with E-state index in [0.29, 0.717) is 49.7 Å². The number of hydrogen-bond donors (Lipinski definition) is 5. The van der Waals surface area contributed by atoms with Gasteiger partial charge in [0, 0.05) is 42.6 Å². The summed E-state index contributed by atoms with van der Waals surface area (Å²) in [6.45, 7) is 3.09. The number of ketones is 2. The molecule has 0 saturated carbocycles. The molecule has 0 aromatic heterocycles. The SMILES string of the molecule is CC(=O)CC(=O)CCc1ccc(NC(=O)COCCOCCOCC(=O)NCCCNC(=O)CCCC[C@H]2SC[C@@H]3NC(=O)N[C@@H]32)cc1. The van der Waals surface area contributed by atoms with Gasteiger partial charge in [-0.05, 0) is 50.3 Å². The van der Waals surface area contributed by atoms with E-state index >= 15 is 0 Å². The molecule has 3 rings (SSSR count). The number of thioether (sulfide) groups is 1. The number of hydrogen-bond acceptors (Lipinski definition) is 10. The fourth-order valence-corrected chi connectivity index (χ4v) is 6.77. The molecule has 0 spiro atoms. The van der Waals surface area contributed by atoms with Crippen molar-refractivity contribution in [2.75, 3.05) is 63.8 Å². The second-order valence-electron chi connectivity index (χ2n) is 11.8. The summed E-state index contributed by atoms with van der Waals surface area (Å²) in [5, 5.41) is 14.7. The van der Waals surface area contributed by atoms with Gasteiger partial charge in [0.2, 0.25) is 17.7 Å². The topological polar surface area (TPSA) is 190 Å². The number of carbonyl (C=O) groups excluding carboxylic acids is 6. The molecule has 5 amide bonds. The standard InChI is InChI=1S/C33H49N5O9S/c1-23(39)19-26(40)12-9-24-7-10-25(11-8-24)36-31(43)21-47-18-16-45-15-17-46-20-30(42)35-14-4-13-34-29(41)6-3-2-5-28-32-27(22-48-28)37-33(44)38-32/h7-8,10-11,27-28,32H,2-6,9,12-22H2,1H3,(H,34,41)(H,35,42)(H,36,43)(H2,37,38,44)/t27-,28+,32-/m0/s1. The van der Waals surface area contributed by atoms with Crippen molar-refractivity contribution in [3.8, 4) is 0 Å². The van der Waals surface area contributed by atoms with E-state index in [9.17, 15) is 28.8 Å². The summed E-state index contributed by atoms with van der Waals surface area (Å²) in [4.78, 5) is 70.2. The number of amides is 5. The number of Topliss-reactive ketones (excluding diaryl/α,β-unsaturated/α-hetero) is 2. The number of carbonyl (C=O) groups is 6. The maximum absolute atomic E-state index is 12.1. The van der Waals surface area contributed by atoms with Gasteiger partial charge in [-0.2, -0.15) is 11.8 Å². The molecular weight excluding hydrogens is 642 g/mol. The van der Waals surface area contributed by atoms with E-state index in [1.807, 2.05) is 23.9 Å². The van der Waals surface area contributed by atoms with E-state index in [-0.39, 0.29) is 93.5 Å². The van der Waals surface area contributed by atoms with Gasteiger partial charge in [0.15, 0.2) is 0 Å². The zero-order valence-electron chi connectivity index (χ0n) is 27.6. The predicted molar refractivity (Wildman–Crippen MR) is 181 cm³/mol. The normalized spacial score (nSPS) is 18.0. The van der Waals surface area contributed by atoms with E-state index in [2.05, 4.69) is 26.6 Å². The maximum atomic E-state index is 12.1. The van der Waals surface area contributed by atoms with Crippen LogP contribution in [0.4, 0.5) is 10.5 Å². The summed E-state index contributed by atoms with van der Waals surface area (Å²) in [6, 6.07) is 7.48. The minimum Gasteiger partial charge on any atom is -0.377 e. The first kappa shape index (κ1) is 38.9. The van der Waals surface area contributed by atoms with Crippen LogP contribution in [0.3, 0.4) is 0 Å². The molecule has 0 bridgehead atoms. The number of fused-ring (bicyclic) bond motifs is 1. The zero-order valence-corrected chi connectivity index (χ0v) is 28.5. The van der Waals surface area contributed by atoms with Crippen LogP contribution in [0.5, 0.6) is 0 Å². The number of unbranched alkanes of at least 4 members (excludes halogenated alkanes) is 1. The highest BCUT2D eigenvalue weighted by atomic mass is 32.2. The molecule has 14 nitrogen and oxygen atoms in total. The lowest BCUT2D eigenvalue weighted by Crippen LogP contribution is -2.36. The summed E-state index contributed by atoms with van der Waals surface area (Å²) in [5.41, 5.74) is 1.55. The largest absolute Gasteiger partial charge is 0.377 e. The number of nitrogens with one attached hydrogen (secondary N) is 5. The molecule has 5 N–H and O–H groups in total. The molecule has 48 heavy (non-hydrogen) atoms. The van der Waals surface area contributed by atoms with Gasteiger partial charge in [-0.25, -0.2) is 4.79 Å². The van der Waals surface area contributed by atoms with Gasteiger partial charge in [0.25, 0.3) is 0 Å². The molecular formula is C33H49N5O9S. The lowest BCUT2D eigenvalue weighted by Gasteiger charge is -2.16. The lowest BCUT2D eigenvalue weighted by atomic mass is 10.0. The van der Waals surface area contributed by atoms with Crippen molar-refractivity contribution in [1.29, 1.82) is 0 Å². The third-order valence-corrected chi connectivity index (χ3v) is 9.17. The number of aryl methyl sites for hydroxylation is 1. The minimum absolute atomic E-state index is 0.00336. The summed E-state index contributed by atoms with van der Waals surface area (Å²) in [6.07, 6.45) is 4.61. The van der Waals surface area contributed by atoms with Crippen LogP contribution < -0.4 is 26.6 Å². The van der Waals surface area contributed by atoms with E-state index in [1.165, 1.54) is 6.92 Å². The van der Waals surface area contributed by atoms with Crippen molar-refractivity contribution in [3.05, 3.63) is 29.8 Å². The van der Waals surface area contributed by atoms with Crippen LogP contribution in [0.25, 0.3) is 0 Å². The molecule has 0 radical (unpaired) electrons. The summed E-state index contributed by atoms with van der Waals surface area (Å²) < 4.78 is 16.0. The Morgan fingerprint density at radius 3 is 2.19 bits per heavy atom. The van der Waals surface area contributed by atoms with Crippen molar-refractivity contribution >= 4 is 52.8 Å². The molecule has 3 atom stereocenters. The third-order valence-electron chi connectivity index (χ3n) is 7.67. The quantitative estimate of drug-likeness (QED) is 0.0571. The Balaban J connectivity index is 1.06. The Kier molecular flexibility index (Phi) is 18.0. The highest BCUT2D eigenvalue weighted by Gasteiger charge is 2.42. The van der Waals surface area contributed by atoms with Crippen LogP contribution in [-0.2, 0) is 44.6 Å². The Hall–Kier alpha value is -3.53. The number of urea groups is 1. The molecule has 2 heterocycles. The molecule has 15 heteroatoms. The molecule has 2 fully saturated rings. The van der Waals surface area contributed by atoms with Gasteiger partial charge >= 0.3 is 6.03 Å². The highest BCUT2D eigenvalue weighted by molar-refractivity contribution is 8.00. The Labute approximate surface area is 285 Å². The Morgan fingerprint density at radius 1 is 0.812 bits per heavy atom. The monoisotopic (exact) mass is 691 g/mol. The summed E-state index contributed by atoms with van der Waals surface area (Å²) >= 11 is 1.88. The van der Waals surface area contributed by atoms with Crippen LogP contribution in [-0.4, -0.2) is 111 Å². The number of benzene rings is 1. The fourth-order valence-electron chi connectivity index (χ4n) is 5.23. The number of anilines is 1. The summed E-state index contributed by atoms with van der Waals surface area (Å²) in [5.74, 6) is 0.168. The molecule has 266 valence electrons. The van der Waals surface area contributed by atoms with Crippen LogP contribution in [0.2, 0.25) is 0 Å². The van der Waals surface area contributed by atoms with E-state index in [4.69, 9.17) is 14.2 Å². The average Bonchev–Trinajstić information content (AvgIpc) is 3.60. The Morgan fingerprint density at radius 2 is 1.48 bits per heavy atom. The smallest absolute Gasteiger partial charge is 0.315 e. The predicted octanol–water partition coefficient (Wildman–Crippen LogP) is 1.50. The van der Waals surface area contributed by atoms with Crippen LogP contribution >= 0.6 is 11.8 Å². The second kappa shape index (κ2) is 22.2. The first-order valence-electron chi connectivity index (χ1n) is 16.5. The average molecular weight is 692 g/mol. The van der Waals surface area contributed by atoms with Gasteiger partial charge in [-0.3, -0.25) is 24.0 Å². The van der Waals surface area contributed by atoms with Crippen molar-refractivity contribution < 1.29 is 43.0 Å². The lowest BCUT2D eigenvalue weighted by molar-refractivity contribution is -0.127. The second-order valence-corrected chi connectivity index (χ2v) is 13.1. The van der Waals surface area contributed by atoms with Crippen LogP contribution in [0, 0.1) is 0 Å². The first-order valence-corrected chi connectivity index (χ1v) is 17.6. The van der Waals surface area contributed by atoms with Gasteiger partial charge in [0.05, 0.1) is 44.9 Å². The van der Waals surface area contributed by atoms with E-state index in [0.717, 1.165) is 30.6 Å². The first-order chi connectivity index (χ1) is 23.2. The Bertz CT molecular complexity index is 1220. The maximum Gasteiger partial charge on any atom is 0.315 e. The van der Waals surface area contributed by atoms with Gasteiger partial charge in [0.1, 0.15) is 24.8 Å². The van der Waals surface area contributed by atoms with Crippen LogP contribution in [0.1, 0.15) is 57.4 Å². The van der Waals surface area contributed by atoms with Crippen LogP contribution in [0.15, 0.2) is 24.3 Å². The zero-order chi connectivity index (χ0) is 34.6. The van der Waals surface area contributed by atoms with E-state index in [1.54, 1.807) is 12.1 Å². The van der Waals surface area contributed by atoms with Gasteiger partial charge in [-0.15, -0.1) is 0 Å². The molecule has 1 aromatic rings. The third kappa shape index (κ3) is 16.0. The number of rotatable bonds is 25. The molecule has 0 unspecified atom stereocenters. The number of ether oxygens (including phenoxy) is 3. The van der Waals surface area contributed by atoms with Gasteiger partial charge < -0.3 is 40.8 Å². The summed E-state index contributed by atoms with van der Waals surface area (Å²) in [7, 11) is 0. The molecule has 2 aliphatic rings. The van der Waals surface area contributed by atoms with Crippen molar-refractivity contribution in [3.63, 3.8) is 0 Å². The molecule has 1 aromatic carbocycles. The van der Waals surface area contributed by atoms with Crippen molar-refractivity contribution in [2.24, 2.45) is 0 Å². The van der Waals surface area contributed by atoms with Crippen molar-refractivity contribution in [1.82, 2.24) is 21.3 Å². The molecule has 0 aliphatic carbocycles. The highest BCUT2D eigenvalue weighted by Crippen LogP contribution is 2.33. The van der Waals surface area contributed by atoms with Gasteiger partial charge in [-0.1, -0.05) is 18.6 Å². The molecule has 2 aliphatic heterocycles. The fraction of sp³-hybridized carbons (Fsp3) is 0.636. The molecule has 2 saturated heterocycles.